The number of carboxylic acids is 1. The van der Waals surface area contributed by atoms with Gasteiger partial charge in [-0.25, -0.2) is 9.78 Å². The molecule has 1 N–H and O–H groups in total. The highest BCUT2D eigenvalue weighted by Gasteiger charge is 2.21. The van der Waals surface area contributed by atoms with Crippen molar-refractivity contribution in [3.05, 3.63) is 23.9 Å². The topological polar surface area (TPSA) is 62.7 Å². The third-order valence-corrected chi connectivity index (χ3v) is 2.62. The molecule has 16 heavy (non-hydrogen) atoms. The fraction of sp³-hybridized carbons (Fsp3) is 0.455. The van der Waals surface area contributed by atoms with Crippen LogP contribution in [-0.2, 0) is 0 Å². The van der Waals surface area contributed by atoms with Crippen molar-refractivity contribution in [2.45, 2.75) is 12.5 Å². The van der Waals surface area contributed by atoms with Gasteiger partial charge in [-0.2, -0.15) is 0 Å². The maximum absolute atomic E-state index is 10.6. The van der Waals surface area contributed by atoms with E-state index in [1.165, 1.54) is 12.3 Å². The van der Waals surface area contributed by atoms with Crippen molar-refractivity contribution in [2.75, 3.05) is 20.1 Å². The molecule has 0 bridgehead atoms. The molecule has 0 spiro atoms. The molecule has 0 amide bonds. The number of carboxylic acid groups (broad SMARTS) is 1. The first kappa shape index (κ1) is 10.9. The Morgan fingerprint density at radius 1 is 1.62 bits per heavy atom. The van der Waals surface area contributed by atoms with Crippen LogP contribution in [0, 0.1) is 0 Å². The first-order chi connectivity index (χ1) is 7.65. The van der Waals surface area contributed by atoms with Gasteiger partial charge >= 0.3 is 5.97 Å². The third-order valence-electron chi connectivity index (χ3n) is 2.62. The Balaban J connectivity index is 1.97. The third kappa shape index (κ3) is 2.49. The lowest BCUT2D eigenvalue weighted by atomic mass is 10.3. The summed E-state index contributed by atoms with van der Waals surface area (Å²) in [5.74, 6) is -0.482. The number of rotatable bonds is 3. The molecule has 5 heteroatoms. The van der Waals surface area contributed by atoms with E-state index in [1.54, 1.807) is 6.07 Å². The van der Waals surface area contributed by atoms with Crippen molar-refractivity contribution in [3.63, 3.8) is 0 Å². The lowest BCUT2D eigenvalue weighted by Gasteiger charge is -2.12. The van der Waals surface area contributed by atoms with E-state index in [0.29, 0.717) is 5.88 Å². The summed E-state index contributed by atoms with van der Waals surface area (Å²) in [7, 11) is 2.05. The van der Waals surface area contributed by atoms with E-state index < -0.39 is 5.97 Å². The predicted octanol–water partition coefficient (Wildman–Crippen LogP) is 0.863. The molecule has 0 saturated carbocycles. The Hall–Kier alpha value is -1.62. The zero-order chi connectivity index (χ0) is 11.5. The Labute approximate surface area is 93.7 Å². The zero-order valence-electron chi connectivity index (χ0n) is 9.09. The standard InChI is InChI=1S/C11H14N2O3/c1-13-5-4-9(7-13)16-10-3-2-8(6-12-10)11(14)15/h2-3,6,9H,4-5,7H2,1H3,(H,14,15). The minimum Gasteiger partial charge on any atom is -0.478 e. The number of pyridine rings is 1. The van der Waals surface area contributed by atoms with Crippen molar-refractivity contribution < 1.29 is 14.6 Å². The molecule has 1 aliphatic heterocycles. The molecule has 1 unspecified atom stereocenters. The van der Waals surface area contributed by atoms with Crippen LogP contribution in [0.25, 0.3) is 0 Å². The van der Waals surface area contributed by atoms with Crippen molar-refractivity contribution in [2.24, 2.45) is 0 Å². The minimum absolute atomic E-state index is 0.160. The number of ether oxygens (including phenoxy) is 1. The van der Waals surface area contributed by atoms with Gasteiger partial charge in [-0.1, -0.05) is 0 Å². The summed E-state index contributed by atoms with van der Waals surface area (Å²) in [6.45, 7) is 1.92. The van der Waals surface area contributed by atoms with E-state index >= 15 is 0 Å². The van der Waals surface area contributed by atoms with E-state index in [-0.39, 0.29) is 11.7 Å². The molecule has 1 aromatic rings. The normalized spacial score (nSPS) is 20.9. The maximum atomic E-state index is 10.6. The van der Waals surface area contributed by atoms with Crippen LogP contribution < -0.4 is 4.74 Å². The van der Waals surface area contributed by atoms with E-state index in [4.69, 9.17) is 9.84 Å². The summed E-state index contributed by atoms with van der Waals surface area (Å²) in [5.41, 5.74) is 0.177. The van der Waals surface area contributed by atoms with Gasteiger partial charge in [-0.15, -0.1) is 0 Å². The summed E-state index contributed by atoms with van der Waals surface area (Å²) in [6, 6.07) is 3.10. The van der Waals surface area contributed by atoms with Gasteiger partial charge in [0.2, 0.25) is 5.88 Å². The van der Waals surface area contributed by atoms with Crippen molar-refractivity contribution in [3.8, 4) is 5.88 Å². The van der Waals surface area contributed by atoms with Crippen LogP contribution in [0.3, 0.4) is 0 Å². The molecule has 2 heterocycles. The monoisotopic (exact) mass is 222 g/mol. The summed E-state index contributed by atoms with van der Waals surface area (Å²) < 4.78 is 5.63. The van der Waals surface area contributed by atoms with Gasteiger partial charge in [0.25, 0.3) is 0 Å². The molecule has 86 valence electrons. The number of aromatic nitrogens is 1. The fourth-order valence-electron chi connectivity index (χ4n) is 1.74. The smallest absolute Gasteiger partial charge is 0.337 e. The molecule has 1 fully saturated rings. The van der Waals surface area contributed by atoms with Gasteiger partial charge in [0, 0.05) is 25.4 Å². The molecular formula is C11H14N2O3. The SMILES string of the molecule is CN1CCC(Oc2ccc(C(=O)O)cn2)C1. The second-order valence-electron chi connectivity index (χ2n) is 3.98. The Bertz CT molecular complexity index is 377. The number of carbonyl (C=O) groups is 1. The van der Waals surface area contributed by atoms with Gasteiger partial charge < -0.3 is 14.7 Å². The number of nitrogens with zero attached hydrogens (tertiary/aromatic N) is 2. The summed E-state index contributed by atoms with van der Waals surface area (Å²) >= 11 is 0. The largest absolute Gasteiger partial charge is 0.478 e. The predicted molar refractivity (Wildman–Crippen MR) is 57.7 cm³/mol. The average molecular weight is 222 g/mol. The molecule has 0 radical (unpaired) electrons. The van der Waals surface area contributed by atoms with Crippen molar-refractivity contribution in [1.82, 2.24) is 9.88 Å². The van der Waals surface area contributed by atoms with Gasteiger partial charge in [-0.05, 0) is 19.5 Å². The second kappa shape index (κ2) is 4.49. The van der Waals surface area contributed by atoms with E-state index in [1.807, 2.05) is 7.05 Å². The van der Waals surface area contributed by atoms with Crippen LogP contribution >= 0.6 is 0 Å². The Morgan fingerprint density at radius 2 is 2.44 bits per heavy atom. The first-order valence-electron chi connectivity index (χ1n) is 5.19. The fourth-order valence-corrected chi connectivity index (χ4v) is 1.74. The molecule has 1 atom stereocenters. The summed E-state index contributed by atoms with van der Waals surface area (Å²) in [6.07, 6.45) is 2.46. The van der Waals surface area contributed by atoms with Crippen LogP contribution in [0.4, 0.5) is 0 Å². The maximum Gasteiger partial charge on any atom is 0.337 e. The van der Waals surface area contributed by atoms with Crippen molar-refractivity contribution in [1.29, 1.82) is 0 Å². The molecule has 0 aliphatic carbocycles. The number of aromatic carboxylic acids is 1. The average Bonchev–Trinajstić information content (AvgIpc) is 2.65. The number of hydrogen-bond donors (Lipinski definition) is 1. The number of likely N-dealkylation sites (N-methyl/N-ethyl adjacent to an activating group) is 1. The highest BCUT2D eigenvalue weighted by molar-refractivity contribution is 5.87. The van der Waals surface area contributed by atoms with Gasteiger partial charge in [0.15, 0.2) is 0 Å². The molecule has 1 aliphatic rings. The summed E-state index contributed by atoms with van der Waals surface area (Å²) in [4.78, 5) is 16.8. The Morgan fingerprint density at radius 3 is 2.94 bits per heavy atom. The molecule has 1 saturated heterocycles. The summed E-state index contributed by atoms with van der Waals surface area (Å²) in [5, 5.41) is 8.71. The van der Waals surface area contributed by atoms with Crippen LogP contribution in [0.2, 0.25) is 0 Å². The van der Waals surface area contributed by atoms with E-state index in [0.717, 1.165) is 19.5 Å². The molecular weight excluding hydrogens is 208 g/mol. The molecule has 5 nitrogen and oxygen atoms in total. The van der Waals surface area contributed by atoms with Crippen LogP contribution in [-0.4, -0.2) is 47.2 Å². The Kier molecular flexibility index (Phi) is 3.05. The molecule has 1 aromatic heterocycles. The van der Waals surface area contributed by atoms with Crippen LogP contribution in [0.1, 0.15) is 16.8 Å². The lowest BCUT2D eigenvalue weighted by Crippen LogP contribution is -2.21. The van der Waals surface area contributed by atoms with E-state index in [9.17, 15) is 4.79 Å². The number of hydrogen-bond acceptors (Lipinski definition) is 4. The van der Waals surface area contributed by atoms with E-state index in [2.05, 4.69) is 9.88 Å². The first-order valence-corrected chi connectivity index (χ1v) is 5.19. The molecule has 0 aromatic carbocycles. The zero-order valence-corrected chi connectivity index (χ0v) is 9.09. The second-order valence-corrected chi connectivity index (χ2v) is 3.98. The quantitative estimate of drug-likeness (QED) is 0.822. The van der Waals surface area contributed by atoms with Gasteiger partial charge in [0.05, 0.1) is 5.56 Å². The van der Waals surface area contributed by atoms with Gasteiger partial charge in [-0.3, -0.25) is 0 Å². The van der Waals surface area contributed by atoms with Crippen LogP contribution in [0.15, 0.2) is 18.3 Å². The highest BCUT2D eigenvalue weighted by Crippen LogP contribution is 2.15. The number of likely N-dealkylation sites (tertiary alicyclic amines) is 1. The van der Waals surface area contributed by atoms with Crippen LogP contribution in [0.5, 0.6) is 5.88 Å². The lowest BCUT2D eigenvalue weighted by molar-refractivity contribution is 0.0696. The van der Waals surface area contributed by atoms with Crippen molar-refractivity contribution >= 4 is 5.97 Å². The minimum atomic E-state index is -0.973. The molecule has 2 rings (SSSR count). The van der Waals surface area contributed by atoms with Gasteiger partial charge in [0.1, 0.15) is 6.10 Å². The highest BCUT2D eigenvalue weighted by atomic mass is 16.5.